The van der Waals surface area contributed by atoms with E-state index >= 15 is 0 Å². The van der Waals surface area contributed by atoms with Crippen LogP contribution in [0.3, 0.4) is 0 Å². The molecule has 1 aliphatic heterocycles. The Kier molecular flexibility index (Phi) is 7.92. The van der Waals surface area contributed by atoms with Crippen LogP contribution in [0.25, 0.3) is 5.69 Å². The Morgan fingerprint density at radius 1 is 1.21 bits per heavy atom. The van der Waals surface area contributed by atoms with Crippen LogP contribution in [0.2, 0.25) is 0 Å². The minimum Gasteiger partial charge on any atom is -0.495 e. The van der Waals surface area contributed by atoms with E-state index in [4.69, 9.17) is 4.74 Å². The molecule has 1 aliphatic rings. The lowest BCUT2D eigenvalue weighted by Crippen LogP contribution is -2.55. The maximum atomic E-state index is 14.1. The number of sulfone groups is 1. The molecule has 2 aromatic carbocycles. The molecule has 1 unspecified atom stereocenters. The monoisotopic (exact) mass is 568 g/mol. The zero-order chi connectivity index (χ0) is 28.5. The summed E-state index contributed by atoms with van der Waals surface area (Å²) in [6.07, 6.45) is -2.00. The van der Waals surface area contributed by atoms with E-state index < -0.39 is 46.4 Å². The van der Waals surface area contributed by atoms with Gasteiger partial charge in [-0.15, -0.1) is 0 Å². The summed E-state index contributed by atoms with van der Waals surface area (Å²) in [5.41, 5.74) is 1.23. The van der Waals surface area contributed by atoms with E-state index in [1.165, 1.54) is 54.4 Å². The Balaban J connectivity index is 1.73. The summed E-state index contributed by atoms with van der Waals surface area (Å²) in [7, 11) is -2.37. The van der Waals surface area contributed by atoms with E-state index in [1.807, 2.05) is 6.92 Å². The standard InChI is InChI=1S/C26H28F4N4O4S/c1-4-5-19(16-6-12-22(38-2)23(14-16)39(3,36)37)32-25(35)33-21-15-31-34(18-9-7-17(27)8-10-18)20(21)11-13-24(33)26(28,29)30/h6-10,12,14-15,19,24H,4-5,11,13H2,1-3H3,(H,32,35)/t19-,24?/m0/s1. The van der Waals surface area contributed by atoms with Crippen LogP contribution in [0.5, 0.6) is 5.75 Å². The molecule has 2 atom stereocenters. The molecule has 2 amide bonds. The number of nitrogens with zero attached hydrogens (tertiary/aromatic N) is 3. The zero-order valence-corrected chi connectivity index (χ0v) is 22.3. The summed E-state index contributed by atoms with van der Waals surface area (Å²) in [6.45, 7) is 1.84. The average molecular weight is 569 g/mol. The van der Waals surface area contributed by atoms with Crippen molar-refractivity contribution in [1.29, 1.82) is 0 Å². The number of rotatable bonds is 7. The van der Waals surface area contributed by atoms with Gasteiger partial charge in [-0.25, -0.2) is 22.3 Å². The minimum absolute atomic E-state index is 0.00471. The molecule has 210 valence electrons. The van der Waals surface area contributed by atoms with E-state index in [1.54, 1.807) is 6.07 Å². The fraction of sp³-hybridized carbons (Fsp3) is 0.385. The number of hydrogen-bond acceptors (Lipinski definition) is 5. The number of ether oxygens (including phenoxy) is 1. The van der Waals surface area contributed by atoms with Gasteiger partial charge in [0.2, 0.25) is 0 Å². The molecule has 13 heteroatoms. The molecular weight excluding hydrogens is 540 g/mol. The number of alkyl halides is 3. The number of nitrogens with one attached hydrogen (secondary N) is 1. The fourth-order valence-corrected chi connectivity index (χ4v) is 5.63. The van der Waals surface area contributed by atoms with E-state index in [2.05, 4.69) is 10.4 Å². The van der Waals surface area contributed by atoms with Gasteiger partial charge >= 0.3 is 12.2 Å². The van der Waals surface area contributed by atoms with Gasteiger partial charge in [0.25, 0.3) is 0 Å². The number of aromatic nitrogens is 2. The maximum absolute atomic E-state index is 14.1. The smallest absolute Gasteiger partial charge is 0.409 e. The SMILES string of the molecule is CCC[C@H](NC(=O)N1c2cnn(-c3ccc(F)cc3)c2CCC1C(F)(F)F)c1ccc(OC)c(S(C)(=O)=O)c1. The lowest BCUT2D eigenvalue weighted by atomic mass is 9.99. The third kappa shape index (κ3) is 5.87. The van der Waals surface area contributed by atoms with Gasteiger partial charge in [0, 0.05) is 6.26 Å². The number of carbonyl (C=O) groups excluding carboxylic acids is 1. The maximum Gasteiger partial charge on any atom is 0.409 e. The summed E-state index contributed by atoms with van der Waals surface area (Å²) in [4.78, 5) is 14.1. The number of hydrogen-bond donors (Lipinski definition) is 1. The molecule has 1 aromatic heterocycles. The molecule has 4 rings (SSSR count). The summed E-state index contributed by atoms with van der Waals surface area (Å²) in [6, 6.07) is 5.84. The first kappa shape index (κ1) is 28.4. The first-order chi connectivity index (χ1) is 18.3. The zero-order valence-electron chi connectivity index (χ0n) is 21.5. The molecule has 0 spiro atoms. The van der Waals surface area contributed by atoms with E-state index in [9.17, 15) is 30.8 Å². The van der Waals surface area contributed by atoms with Gasteiger partial charge in [-0.1, -0.05) is 19.4 Å². The Labute approximate surface area is 223 Å². The van der Waals surface area contributed by atoms with Crippen LogP contribution in [0, 0.1) is 5.82 Å². The third-order valence-electron chi connectivity index (χ3n) is 6.61. The first-order valence-electron chi connectivity index (χ1n) is 12.2. The molecule has 0 aliphatic carbocycles. The topological polar surface area (TPSA) is 93.5 Å². The second kappa shape index (κ2) is 10.9. The predicted molar refractivity (Wildman–Crippen MR) is 136 cm³/mol. The van der Waals surface area contributed by atoms with Crippen LogP contribution in [0.4, 0.5) is 28.0 Å². The molecule has 39 heavy (non-hydrogen) atoms. The fourth-order valence-electron chi connectivity index (χ4n) is 4.77. The van der Waals surface area contributed by atoms with Crippen molar-refractivity contribution in [2.45, 2.75) is 55.8 Å². The highest BCUT2D eigenvalue weighted by Crippen LogP contribution is 2.39. The number of urea groups is 1. The molecular formula is C26H28F4N4O4S. The van der Waals surface area contributed by atoms with Gasteiger partial charge in [0.15, 0.2) is 9.84 Å². The van der Waals surface area contributed by atoms with Crippen molar-refractivity contribution >= 4 is 21.6 Å². The molecule has 0 fully saturated rings. The number of fused-ring (bicyclic) bond motifs is 1. The van der Waals surface area contributed by atoms with Crippen molar-refractivity contribution in [3.63, 3.8) is 0 Å². The van der Waals surface area contributed by atoms with Crippen LogP contribution in [-0.4, -0.2) is 49.8 Å². The highest BCUT2D eigenvalue weighted by Gasteiger charge is 2.49. The van der Waals surface area contributed by atoms with E-state index in [0.29, 0.717) is 34.7 Å². The van der Waals surface area contributed by atoms with Gasteiger partial charge < -0.3 is 10.1 Å². The predicted octanol–water partition coefficient (Wildman–Crippen LogP) is 5.36. The van der Waals surface area contributed by atoms with Crippen molar-refractivity contribution in [2.75, 3.05) is 18.3 Å². The van der Waals surface area contributed by atoms with Crippen molar-refractivity contribution in [3.8, 4) is 11.4 Å². The summed E-state index contributed by atoms with van der Waals surface area (Å²) < 4.78 is 87.0. The Morgan fingerprint density at radius 3 is 2.49 bits per heavy atom. The van der Waals surface area contributed by atoms with Crippen molar-refractivity contribution in [3.05, 3.63) is 65.7 Å². The Hall–Kier alpha value is -3.61. The van der Waals surface area contributed by atoms with Crippen molar-refractivity contribution in [1.82, 2.24) is 15.1 Å². The van der Waals surface area contributed by atoms with Crippen LogP contribution >= 0.6 is 0 Å². The van der Waals surface area contributed by atoms with Gasteiger partial charge in [0.05, 0.1) is 36.4 Å². The molecule has 2 heterocycles. The average Bonchev–Trinajstić information content (AvgIpc) is 3.31. The number of carbonyl (C=O) groups is 1. The number of methoxy groups -OCH3 is 1. The molecule has 0 bridgehead atoms. The molecule has 3 aromatic rings. The number of amides is 2. The normalized spacial score (nSPS) is 16.5. The van der Waals surface area contributed by atoms with Gasteiger partial charge in [-0.2, -0.15) is 18.3 Å². The van der Waals surface area contributed by atoms with Gasteiger partial charge in [0.1, 0.15) is 22.5 Å². The van der Waals surface area contributed by atoms with Gasteiger partial charge in [-0.3, -0.25) is 4.90 Å². The van der Waals surface area contributed by atoms with Crippen LogP contribution in [0.15, 0.2) is 53.6 Å². The molecule has 0 saturated heterocycles. The third-order valence-corrected chi connectivity index (χ3v) is 7.72. The quantitative estimate of drug-likeness (QED) is 0.388. The highest BCUT2D eigenvalue weighted by molar-refractivity contribution is 7.90. The minimum atomic E-state index is -4.71. The van der Waals surface area contributed by atoms with E-state index in [-0.39, 0.29) is 22.8 Å². The number of anilines is 1. The lowest BCUT2D eigenvalue weighted by molar-refractivity contribution is -0.149. The van der Waals surface area contributed by atoms with E-state index in [0.717, 1.165) is 6.26 Å². The lowest BCUT2D eigenvalue weighted by Gasteiger charge is -2.37. The Morgan fingerprint density at radius 2 is 1.90 bits per heavy atom. The second-order valence-corrected chi connectivity index (χ2v) is 11.3. The molecule has 1 N–H and O–H groups in total. The molecule has 0 saturated carbocycles. The van der Waals surface area contributed by atoms with Gasteiger partial charge in [-0.05, 0) is 61.2 Å². The van der Waals surface area contributed by atoms with Crippen LogP contribution in [0.1, 0.15) is 43.5 Å². The summed E-state index contributed by atoms with van der Waals surface area (Å²) >= 11 is 0. The Bertz CT molecular complexity index is 1460. The molecule has 0 radical (unpaired) electrons. The number of benzene rings is 2. The first-order valence-corrected chi connectivity index (χ1v) is 14.1. The second-order valence-electron chi connectivity index (χ2n) is 9.30. The van der Waals surface area contributed by atoms with Crippen molar-refractivity contribution < 1.29 is 35.5 Å². The largest absolute Gasteiger partial charge is 0.495 e. The molecule has 8 nitrogen and oxygen atoms in total. The summed E-state index contributed by atoms with van der Waals surface area (Å²) in [5, 5.41) is 6.89. The number of halogens is 4. The highest BCUT2D eigenvalue weighted by atomic mass is 32.2. The van der Waals surface area contributed by atoms with Crippen LogP contribution in [-0.2, 0) is 16.3 Å². The van der Waals surface area contributed by atoms with Crippen molar-refractivity contribution in [2.24, 2.45) is 0 Å². The van der Waals surface area contributed by atoms with Crippen LogP contribution < -0.4 is 15.0 Å². The summed E-state index contributed by atoms with van der Waals surface area (Å²) in [5.74, 6) is -0.355.